The molecule has 200 valence electrons. The van der Waals surface area contributed by atoms with Gasteiger partial charge in [0.25, 0.3) is 9.70 Å². The van der Waals surface area contributed by atoms with Crippen molar-refractivity contribution in [2.45, 2.75) is 48.4 Å². The minimum absolute atomic E-state index is 0.0451. The molecule has 0 bridgehead atoms. The van der Waals surface area contributed by atoms with Gasteiger partial charge < -0.3 is 24.6 Å². The molecule has 1 aliphatic rings. The van der Waals surface area contributed by atoms with E-state index in [1.165, 1.54) is 21.1 Å². The fraction of sp³-hybridized carbons (Fsp3) is 0.522. The molecule has 0 spiro atoms. The summed E-state index contributed by atoms with van der Waals surface area (Å²) in [6.07, 6.45) is -1.39. The predicted octanol–water partition coefficient (Wildman–Crippen LogP) is 4.21. The third-order valence-electron chi connectivity index (χ3n) is 5.62. The van der Waals surface area contributed by atoms with Crippen molar-refractivity contribution in [3.05, 3.63) is 47.5 Å². The molecule has 0 saturated carbocycles. The second-order valence-corrected chi connectivity index (χ2v) is 10.4. The number of nitrogens with zero attached hydrogens (tertiary/aromatic N) is 1. The van der Waals surface area contributed by atoms with Crippen LogP contribution in [0.3, 0.4) is 0 Å². The topological polar surface area (TPSA) is 114 Å². The Hall–Kier alpha value is -2.11. The van der Waals surface area contributed by atoms with E-state index in [4.69, 9.17) is 49.0 Å². The largest absolute Gasteiger partial charge is 0.509 e. The second-order valence-electron chi connectivity index (χ2n) is 8.09. The number of carbonyl (C=O) groups is 3. The predicted molar refractivity (Wildman–Crippen MR) is 131 cm³/mol. The summed E-state index contributed by atoms with van der Waals surface area (Å²) in [7, 11) is 2.74. The van der Waals surface area contributed by atoms with Crippen LogP contribution in [-0.2, 0) is 30.2 Å². The maximum atomic E-state index is 15.4. The lowest BCUT2D eigenvalue weighted by Gasteiger charge is -2.25. The van der Waals surface area contributed by atoms with Crippen LogP contribution >= 0.6 is 34.8 Å². The Balaban J connectivity index is 2.26. The molecule has 0 radical (unpaired) electrons. The number of ether oxygens (including phenoxy) is 3. The first-order valence-corrected chi connectivity index (χ1v) is 12.1. The number of hydrogen-bond acceptors (Lipinski definition) is 7. The number of rotatable bonds is 11. The molecule has 9 nitrogen and oxygen atoms in total. The number of alkyl halides is 3. The molecular weight excluding hydrogens is 542 g/mol. The van der Waals surface area contributed by atoms with Crippen molar-refractivity contribution >= 4 is 52.7 Å². The summed E-state index contributed by atoms with van der Waals surface area (Å²) < 4.78 is 28.2. The Labute approximate surface area is 223 Å². The van der Waals surface area contributed by atoms with Crippen LogP contribution in [0, 0.1) is 5.92 Å². The van der Waals surface area contributed by atoms with Gasteiger partial charge in [0.1, 0.15) is 12.4 Å². The number of cyclic esters (lactones) is 1. The number of amides is 3. The zero-order valence-electron chi connectivity index (χ0n) is 19.9. The van der Waals surface area contributed by atoms with E-state index in [9.17, 15) is 19.5 Å². The molecule has 2 rings (SSSR count). The lowest BCUT2D eigenvalue weighted by atomic mass is 10.00. The van der Waals surface area contributed by atoms with E-state index >= 15 is 4.39 Å². The average molecular weight is 570 g/mol. The molecule has 1 aliphatic heterocycles. The van der Waals surface area contributed by atoms with Crippen LogP contribution in [0.1, 0.15) is 25.3 Å². The molecule has 0 aromatic heterocycles. The Kier molecular flexibility index (Phi) is 11.2. The van der Waals surface area contributed by atoms with Crippen molar-refractivity contribution in [2.24, 2.45) is 5.92 Å². The SMILES string of the molecule is COC(CC[C@H](NC(=O)C(Cl)(Cl)Cl)/C(F)=C(/O)[C@@H](C)C(=O)N1C(=O)OC[C@H]1Cc1ccccc1)OC. The highest BCUT2D eigenvalue weighted by atomic mass is 35.6. The summed E-state index contributed by atoms with van der Waals surface area (Å²) in [6, 6.07) is 6.99. The van der Waals surface area contributed by atoms with Crippen LogP contribution in [0.4, 0.5) is 9.18 Å². The molecule has 0 aliphatic carbocycles. The fourth-order valence-electron chi connectivity index (χ4n) is 3.61. The lowest BCUT2D eigenvalue weighted by Crippen LogP contribution is -2.45. The molecule has 13 heteroatoms. The molecule has 2 N–H and O–H groups in total. The van der Waals surface area contributed by atoms with Gasteiger partial charge in [0, 0.05) is 20.6 Å². The number of methoxy groups -OCH3 is 2. The van der Waals surface area contributed by atoms with Crippen LogP contribution in [-0.4, -0.2) is 70.9 Å². The Morgan fingerprint density at radius 2 is 1.83 bits per heavy atom. The molecule has 1 aromatic rings. The molecular formula is C23H28Cl3FN2O7. The van der Waals surface area contributed by atoms with Crippen molar-refractivity contribution in [1.29, 1.82) is 0 Å². The number of halogens is 4. The van der Waals surface area contributed by atoms with Gasteiger partial charge in [-0.3, -0.25) is 9.59 Å². The van der Waals surface area contributed by atoms with Gasteiger partial charge in [0.05, 0.1) is 18.0 Å². The maximum Gasteiger partial charge on any atom is 0.417 e. The van der Waals surface area contributed by atoms with Crippen molar-refractivity contribution < 1.29 is 38.1 Å². The monoisotopic (exact) mass is 568 g/mol. The number of aliphatic hydroxyl groups excluding tert-OH is 1. The zero-order chi connectivity index (χ0) is 27.0. The molecule has 1 aromatic carbocycles. The molecule has 1 fully saturated rings. The van der Waals surface area contributed by atoms with Crippen LogP contribution in [0.25, 0.3) is 0 Å². The van der Waals surface area contributed by atoms with E-state index < -0.39 is 57.6 Å². The molecule has 36 heavy (non-hydrogen) atoms. The normalized spacial score (nSPS) is 18.5. The zero-order valence-corrected chi connectivity index (χ0v) is 22.1. The minimum atomic E-state index is -2.40. The first-order chi connectivity index (χ1) is 16.9. The maximum absolute atomic E-state index is 15.4. The summed E-state index contributed by atoms with van der Waals surface area (Å²) in [5.74, 6) is -5.72. The third kappa shape index (κ3) is 7.94. The van der Waals surface area contributed by atoms with Gasteiger partial charge in [0.2, 0.25) is 5.91 Å². The number of imide groups is 1. The number of aliphatic hydroxyl groups is 1. The first-order valence-electron chi connectivity index (χ1n) is 11.0. The Morgan fingerprint density at radius 3 is 2.39 bits per heavy atom. The van der Waals surface area contributed by atoms with Crippen molar-refractivity contribution in [3.8, 4) is 0 Å². The van der Waals surface area contributed by atoms with E-state index in [0.717, 1.165) is 10.5 Å². The average Bonchev–Trinajstić information content (AvgIpc) is 3.21. The Bertz CT molecular complexity index is 955. The smallest absolute Gasteiger partial charge is 0.417 e. The standard InChI is InChI=1S/C23H28Cl3FN2O7/c1-13(20(31)29-15(12-36-22(29)33)11-14-7-5-4-6-8-14)19(30)18(27)16(9-10-17(34-2)35-3)28-21(32)23(24,25)26/h4-8,13,15-17,30H,9-12H2,1-3H3,(H,28,32)/b19-18-/t13-,15-,16+/m1/s1. The summed E-state index contributed by atoms with van der Waals surface area (Å²) in [4.78, 5) is 38.5. The molecule has 0 unspecified atom stereocenters. The van der Waals surface area contributed by atoms with Gasteiger partial charge in [-0.2, -0.15) is 0 Å². The van der Waals surface area contributed by atoms with Crippen molar-refractivity contribution in [3.63, 3.8) is 0 Å². The third-order valence-corrected chi connectivity index (χ3v) is 6.14. The molecule has 1 saturated heterocycles. The molecule has 3 amide bonds. The van der Waals surface area contributed by atoms with Crippen molar-refractivity contribution in [1.82, 2.24) is 10.2 Å². The first kappa shape index (κ1) is 30.1. The summed E-state index contributed by atoms with van der Waals surface area (Å²) >= 11 is 16.7. The minimum Gasteiger partial charge on any atom is -0.509 e. The summed E-state index contributed by atoms with van der Waals surface area (Å²) in [6.45, 7) is 1.18. The van der Waals surface area contributed by atoms with Gasteiger partial charge in [-0.25, -0.2) is 14.1 Å². The van der Waals surface area contributed by atoms with Crippen LogP contribution in [0.2, 0.25) is 0 Å². The van der Waals surface area contributed by atoms with Crippen LogP contribution in [0.5, 0.6) is 0 Å². The molecule has 3 atom stereocenters. The number of nitrogens with one attached hydrogen (secondary N) is 1. The fourth-order valence-corrected chi connectivity index (χ4v) is 3.78. The molecule has 1 heterocycles. The van der Waals surface area contributed by atoms with Crippen LogP contribution < -0.4 is 5.32 Å². The van der Waals surface area contributed by atoms with E-state index in [1.807, 2.05) is 30.3 Å². The summed E-state index contributed by atoms with van der Waals surface area (Å²) in [5.41, 5.74) is 0.859. The quantitative estimate of drug-likeness (QED) is 0.233. The highest BCUT2D eigenvalue weighted by molar-refractivity contribution is 6.76. The summed E-state index contributed by atoms with van der Waals surface area (Å²) in [5, 5.41) is 12.8. The number of carbonyl (C=O) groups excluding carboxylic acids is 3. The van der Waals surface area contributed by atoms with Gasteiger partial charge in [0.15, 0.2) is 12.1 Å². The van der Waals surface area contributed by atoms with Gasteiger partial charge >= 0.3 is 6.09 Å². The van der Waals surface area contributed by atoms with Gasteiger partial charge in [-0.15, -0.1) is 0 Å². The van der Waals surface area contributed by atoms with E-state index in [2.05, 4.69) is 5.32 Å². The Morgan fingerprint density at radius 1 is 1.22 bits per heavy atom. The highest BCUT2D eigenvalue weighted by Crippen LogP contribution is 2.29. The van der Waals surface area contributed by atoms with Gasteiger partial charge in [-0.1, -0.05) is 65.1 Å². The van der Waals surface area contributed by atoms with E-state index in [1.54, 1.807) is 0 Å². The van der Waals surface area contributed by atoms with E-state index in [0.29, 0.717) is 6.42 Å². The number of hydrogen-bond donors (Lipinski definition) is 2. The van der Waals surface area contributed by atoms with Gasteiger partial charge in [-0.05, 0) is 25.3 Å². The highest BCUT2D eigenvalue weighted by Gasteiger charge is 2.42. The van der Waals surface area contributed by atoms with Crippen LogP contribution in [0.15, 0.2) is 41.9 Å². The van der Waals surface area contributed by atoms with Crippen molar-refractivity contribution in [2.75, 3.05) is 20.8 Å². The lowest BCUT2D eigenvalue weighted by molar-refractivity contribution is -0.132. The van der Waals surface area contributed by atoms with E-state index in [-0.39, 0.29) is 19.4 Å². The number of benzene rings is 1. The second kappa shape index (κ2) is 13.4.